The van der Waals surface area contributed by atoms with Crippen molar-refractivity contribution in [1.29, 1.82) is 0 Å². The van der Waals surface area contributed by atoms with Gasteiger partial charge in [0.15, 0.2) is 0 Å². The second kappa shape index (κ2) is 6.97. The molecular weight excluding hydrogens is 218 g/mol. The maximum atomic E-state index is 3.63. The molecule has 94 valence electrons. The van der Waals surface area contributed by atoms with Crippen molar-refractivity contribution in [2.75, 3.05) is 6.54 Å². The van der Waals surface area contributed by atoms with Gasteiger partial charge < -0.3 is 5.32 Å². The average Bonchev–Trinajstić information content (AvgIpc) is 2.46. The Balaban J connectivity index is 1.85. The van der Waals surface area contributed by atoms with Gasteiger partial charge in [-0.3, -0.25) is 0 Å². The molecule has 0 heterocycles. The van der Waals surface area contributed by atoms with Gasteiger partial charge in [0.2, 0.25) is 0 Å². The largest absolute Gasteiger partial charge is 0.310 e. The lowest BCUT2D eigenvalue weighted by atomic mass is 10.0. The van der Waals surface area contributed by atoms with Gasteiger partial charge in [0, 0.05) is 6.04 Å². The fourth-order valence-corrected chi connectivity index (χ4v) is 2.22. The molecule has 0 fully saturated rings. The Morgan fingerprint density at radius 3 is 2.11 bits per heavy atom. The topological polar surface area (TPSA) is 12.0 Å². The number of hydrogen-bond acceptors (Lipinski definition) is 1. The van der Waals surface area contributed by atoms with Crippen LogP contribution in [0.1, 0.15) is 30.5 Å². The second-order valence-electron chi connectivity index (χ2n) is 4.56. The summed E-state index contributed by atoms with van der Waals surface area (Å²) < 4.78 is 0. The molecule has 1 nitrogen and oxygen atoms in total. The number of benzene rings is 2. The summed E-state index contributed by atoms with van der Waals surface area (Å²) in [7, 11) is 0. The Bertz CT molecular complexity index is 436. The fourth-order valence-electron chi connectivity index (χ4n) is 2.22. The third kappa shape index (κ3) is 3.71. The van der Waals surface area contributed by atoms with Crippen LogP contribution in [0.5, 0.6) is 0 Å². The summed E-state index contributed by atoms with van der Waals surface area (Å²) >= 11 is 0. The molecule has 0 radical (unpaired) electrons. The van der Waals surface area contributed by atoms with Crippen molar-refractivity contribution in [1.82, 2.24) is 5.32 Å². The summed E-state index contributed by atoms with van der Waals surface area (Å²) in [5.41, 5.74) is 2.78. The Labute approximate surface area is 110 Å². The molecule has 0 saturated heterocycles. The summed E-state index contributed by atoms with van der Waals surface area (Å²) in [4.78, 5) is 0. The summed E-state index contributed by atoms with van der Waals surface area (Å²) in [6, 6.07) is 21.8. The molecule has 0 aliphatic rings. The van der Waals surface area contributed by atoms with E-state index < -0.39 is 0 Å². The summed E-state index contributed by atoms with van der Waals surface area (Å²) in [6.45, 7) is 3.25. The summed E-state index contributed by atoms with van der Waals surface area (Å²) in [5, 5.41) is 3.63. The van der Waals surface area contributed by atoms with Crippen molar-refractivity contribution < 1.29 is 0 Å². The van der Waals surface area contributed by atoms with Gasteiger partial charge in [0.25, 0.3) is 0 Å². The van der Waals surface area contributed by atoms with Crippen molar-refractivity contribution in [3.8, 4) is 0 Å². The molecule has 0 aromatic heterocycles. The highest BCUT2D eigenvalue weighted by Gasteiger charge is 2.06. The monoisotopic (exact) mass is 239 g/mol. The molecular formula is C17H21N. The molecule has 0 saturated carbocycles. The van der Waals surface area contributed by atoms with Crippen molar-refractivity contribution >= 4 is 0 Å². The van der Waals surface area contributed by atoms with Crippen LogP contribution in [0.4, 0.5) is 0 Å². The lowest BCUT2D eigenvalue weighted by molar-refractivity contribution is 0.522. The minimum absolute atomic E-state index is 0.468. The van der Waals surface area contributed by atoms with Gasteiger partial charge in [-0.25, -0.2) is 0 Å². The first kappa shape index (κ1) is 12.8. The Morgan fingerprint density at radius 1 is 0.889 bits per heavy atom. The smallest absolute Gasteiger partial charge is 0.0317 e. The average molecular weight is 239 g/mol. The van der Waals surface area contributed by atoms with E-state index >= 15 is 0 Å². The van der Waals surface area contributed by atoms with E-state index in [1.54, 1.807) is 0 Å². The highest BCUT2D eigenvalue weighted by atomic mass is 14.9. The van der Waals surface area contributed by atoms with Crippen LogP contribution in [0.2, 0.25) is 0 Å². The van der Waals surface area contributed by atoms with Crippen LogP contribution in [-0.4, -0.2) is 6.54 Å². The van der Waals surface area contributed by atoms with Gasteiger partial charge in [0.1, 0.15) is 0 Å². The van der Waals surface area contributed by atoms with Crippen molar-refractivity contribution in [2.45, 2.75) is 25.8 Å². The molecule has 0 amide bonds. The van der Waals surface area contributed by atoms with Gasteiger partial charge in [-0.15, -0.1) is 0 Å². The third-order valence-electron chi connectivity index (χ3n) is 3.26. The van der Waals surface area contributed by atoms with Crippen LogP contribution in [0.3, 0.4) is 0 Å². The predicted molar refractivity (Wildman–Crippen MR) is 77.6 cm³/mol. The SMILES string of the molecule is CCC(NCCc1ccccc1)c1ccccc1. The van der Waals surface area contributed by atoms with Crippen LogP contribution in [0, 0.1) is 0 Å². The van der Waals surface area contributed by atoms with Gasteiger partial charge in [0.05, 0.1) is 0 Å². The van der Waals surface area contributed by atoms with Crippen molar-refractivity contribution in [3.63, 3.8) is 0 Å². The zero-order valence-corrected chi connectivity index (χ0v) is 11.0. The summed E-state index contributed by atoms with van der Waals surface area (Å²) in [5.74, 6) is 0. The maximum Gasteiger partial charge on any atom is 0.0317 e. The van der Waals surface area contributed by atoms with E-state index in [-0.39, 0.29) is 0 Å². The summed E-state index contributed by atoms with van der Waals surface area (Å²) in [6.07, 6.45) is 2.21. The molecule has 2 aromatic rings. The maximum absolute atomic E-state index is 3.63. The highest BCUT2D eigenvalue weighted by molar-refractivity contribution is 5.19. The number of rotatable bonds is 6. The van der Waals surface area contributed by atoms with Crippen LogP contribution >= 0.6 is 0 Å². The number of nitrogens with one attached hydrogen (secondary N) is 1. The van der Waals surface area contributed by atoms with E-state index in [1.807, 2.05) is 0 Å². The zero-order chi connectivity index (χ0) is 12.6. The van der Waals surface area contributed by atoms with Crippen LogP contribution in [-0.2, 0) is 6.42 Å². The van der Waals surface area contributed by atoms with E-state index in [1.165, 1.54) is 11.1 Å². The van der Waals surface area contributed by atoms with Crippen molar-refractivity contribution in [2.24, 2.45) is 0 Å². The molecule has 18 heavy (non-hydrogen) atoms. The quantitative estimate of drug-likeness (QED) is 0.804. The Kier molecular flexibility index (Phi) is 4.98. The first-order valence-electron chi connectivity index (χ1n) is 6.72. The van der Waals surface area contributed by atoms with Gasteiger partial charge in [-0.1, -0.05) is 67.6 Å². The Hall–Kier alpha value is -1.60. The molecule has 0 aliphatic carbocycles. The highest BCUT2D eigenvalue weighted by Crippen LogP contribution is 2.15. The van der Waals surface area contributed by atoms with Crippen LogP contribution in [0.15, 0.2) is 60.7 Å². The van der Waals surface area contributed by atoms with E-state index in [4.69, 9.17) is 0 Å². The molecule has 2 aromatic carbocycles. The molecule has 0 bridgehead atoms. The lowest BCUT2D eigenvalue weighted by Crippen LogP contribution is -2.23. The standard InChI is InChI=1S/C17H21N/c1-2-17(16-11-7-4-8-12-16)18-14-13-15-9-5-3-6-10-15/h3-12,17-18H,2,13-14H2,1H3. The molecule has 1 N–H and O–H groups in total. The first-order chi connectivity index (χ1) is 8.90. The molecule has 0 aliphatic heterocycles. The van der Waals surface area contributed by atoms with Gasteiger partial charge in [-0.05, 0) is 30.5 Å². The van der Waals surface area contributed by atoms with E-state index in [2.05, 4.69) is 72.9 Å². The first-order valence-corrected chi connectivity index (χ1v) is 6.72. The van der Waals surface area contributed by atoms with E-state index in [0.717, 1.165) is 19.4 Å². The molecule has 2 rings (SSSR count). The normalized spacial score (nSPS) is 12.3. The van der Waals surface area contributed by atoms with Gasteiger partial charge >= 0.3 is 0 Å². The predicted octanol–water partition coefficient (Wildman–Crippen LogP) is 3.97. The molecule has 1 heteroatoms. The minimum atomic E-state index is 0.468. The van der Waals surface area contributed by atoms with Crippen LogP contribution < -0.4 is 5.32 Å². The van der Waals surface area contributed by atoms with Crippen LogP contribution in [0.25, 0.3) is 0 Å². The lowest BCUT2D eigenvalue weighted by Gasteiger charge is -2.17. The third-order valence-corrected chi connectivity index (χ3v) is 3.26. The Morgan fingerprint density at radius 2 is 1.50 bits per heavy atom. The molecule has 1 atom stereocenters. The minimum Gasteiger partial charge on any atom is -0.310 e. The molecule has 1 unspecified atom stereocenters. The van der Waals surface area contributed by atoms with E-state index in [9.17, 15) is 0 Å². The van der Waals surface area contributed by atoms with Crippen molar-refractivity contribution in [3.05, 3.63) is 71.8 Å². The van der Waals surface area contributed by atoms with Gasteiger partial charge in [-0.2, -0.15) is 0 Å². The number of hydrogen-bond donors (Lipinski definition) is 1. The zero-order valence-electron chi connectivity index (χ0n) is 11.0. The molecule has 0 spiro atoms. The second-order valence-corrected chi connectivity index (χ2v) is 4.56. The van der Waals surface area contributed by atoms with E-state index in [0.29, 0.717) is 6.04 Å². The fraction of sp³-hybridized carbons (Fsp3) is 0.294.